The van der Waals surface area contributed by atoms with Crippen LogP contribution in [0, 0.1) is 0 Å². The predicted octanol–water partition coefficient (Wildman–Crippen LogP) is 1.96. The zero-order chi connectivity index (χ0) is 10.3. The Balaban J connectivity index is 1.81. The molecule has 2 fully saturated rings. The fraction of sp³-hybridized carbons (Fsp3) is 0.538. The number of β-amino-alcohol motifs (C(OH)–C–C–N with tert-alkyl or cyclic N) is 1. The van der Waals surface area contributed by atoms with Crippen LogP contribution in [0.2, 0.25) is 0 Å². The molecule has 0 spiro atoms. The van der Waals surface area contributed by atoms with E-state index in [-0.39, 0.29) is 6.10 Å². The minimum Gasteiger partial charge on any atom is -0.392 e. The van der Waals surface area contributed by atoms with Crippen molar-refractivity contribution < 1.29 is 5.11 Å². The van der Waals surface area contributed by atoms with Gasteiger partial charge < -0.3 is 10.4 Å². The molecule has 1 aliphatic carbocycles. The molecule has 1 saturated heterocycles. The van der Waals surface area contributed by atoms with E-state index in [4.69, 9.17) is 0 Å². The van der Waals surface area contributed by atoms with Crippen molar-refractivity contribution in [3.63, 3.8) is 0 Å². The zero-order valence-electron chi connectivity index (χ0n) is 8.82. The highest BCUT2D eigenvalue weighted by Crippen LogP contribution is 2.40. The van der Waals surface area contributed by atoms with Gasteiger partial charge in [0.25, 0.3) is 0 Å². The van der Waals surface area contributed by atoms with Gasteiger partial charge in [-0.1, -0.05) is 24.3 Å². The van der Waals surface area contributed by atoms with Gasteiger partial charge in [-0.05, 0) is 36.3 Å². The van der Waals surface area contributed by atoms with Crippen LogP contribution in [-0.4, -0.2) is 17.8 Å². The fourth-order valence-corrected chi connectivity index (χ4v) is 2.42. The lowest BCUT2D eigenvalue weighted by Crippen LogP contribution is -2.14. The van der Waals surface area contributed by atoms with Crippen molar-refractivity contribution in [1.29, 1.82) is 0 Å². The molecule has 2 aliphatic rings. The van der Waals surface area contributed by atoms with E-state index >= 15 is 0 Å². The average molecular weight is 203 g/mol. The first-order chi connectivity index (χ1) is 7.33. The summed E-state index contributed by atoms with van der Waals surface area (Å²) in [5.74, 6) is 0.816. The van der Waals surface area contributed by atoms with E-state index in [0.717, 1.165) is 18.9 Å². The summed E-state index contributed by atoms with van der Waals surface area (Å²) >= 11 is 0. The summed E-state index contributed by atoms with van der Waals surface area (Å²) in [4.78, 5) is 0. The molecule has 80 valence electrons. The van der Waals surface area contributed by atoms with Gasteiger partial charge in [0.15, 0.2) is 0 Å². The van der Waals surface area contributed by atoms with E-state index in [1.807, 2.05) is 0 Å². The molecule has 15 heavy (non-hydrogen) atoms. The summed E-state index contributed by atoms with van der Waals surface area (Å²) in [6.45, 7) is 0.734. The van der Waals surface area contributed by atoms with E-state index in [2.05, 4.69) is 29.6 Å². The molecule has 2 N–H and O–H groups in total. The van der Waals surface area contributed by atoms with E-state index in [0.29, 0.717) is 6.04 Å². The fourth-order valence-electron chi connectivity index (χ4n) is 2.42. The highest BCUT2D eigenvalue weighted by atomic mass is 16.3. The Morgan fingerprint density at radius 1 is 1.20 bits per heavy atom. The summed E-state index contributed by atoms with van der Waals surface area (Å²) in [7, 11) is 0. The average Bonchev–Trinajstić information content (AvgIpc) is 3.02. The Morgan fingerprint density at radius 3 is 2.67 bits per heavy atom. The Morgan fingerprint density at radius 2 is 2.00 bits per heavy atom. The molecule has 2 nitrogen and oxygen atoms in total. The second kappa shape index (κ2) is 3.62. The van der Waals surface area contributed by atoms with Gasteiger partial charge in [0.2, 0.25) is 0 Å². The van der Waals surface area contributed by atoms with Crippen molar-refractivity contribution in [1.82, 2.24) is 5.32 Å². The van der Waals surface area contributed by atoms with Gasteiger partial charge in [-0.25, -0.2) is 0 Å². The SMILES string of the molecule is OC1CNC(c2cccc(C3CC3)c2)C1. The molecular formula is C13H17NO. The van der Waals surface area contributed by atoms with Crippen LogP contribution >= 0.6 is 0 Å². The van der Waals surface area contributed by atoms with Crippen LogP contribution in [0.3, 0.4) is 0 Å². The summed E-state index contributed by atoms with van der Waals surface area (Å²) in [5.41, 5.74) is 2.83. The highest BCUT2D eigenvalue weighted by molar-refractivity contribution is 5.31. The quantitative estimate of drug-likeness (QED) is 0.770. The van der Waals surface area contributed by atoms with E-state index < -0.39 is 0 Å². The summed E-state index contributed by atoms with van der Waals surface area (Å²) in [6.07, 6.45) is 3.39. The Hall–Kier alpha value is -0.860. The molecule has 1 saturated carbocycles. The molecule has 0 bridgehead atoms. The van der Waals surface area contributed by atoms with Gasteiger partial charge in [0.05, 0.1) is 6.10 Å². The molecule has 0 radical (unpaired) electrons. The van der Waals surface area contributed by atoms with Crippen LogP contribution in [-0.2, 0) is 0 Å². The number of rotatable bonds is 2. The second-order valence-corrected chi connectivity index (χ2v) is 4.79. The predicted molar refractivity (Wildman–Crippen MR) is 59.8 cm³/mol. The van der Waals surface area contributed by atoms with Gasteiger partial charge in [0.1, 0.15) is 0 Å². The van der Waals surface area contributed by atoms with Crippen molar-refractivity contribution >= 4 is 0 Å². The Bertz CT molecular complexity index is 359. The molecule has 3 rings (SSSR count). The van der Waals surface area contributed by atoms with Crippen molar-refractivity contribution in [3.8, 4) is 0 Å². The number of hydrogen-bond donors (Lipinski definition) is 2. The standard InChI is InChI=1S/C13H17NO/c15-12-7-13(14-8-12)11-3-1-2-10(6-11)9-4-5-9/h1-3,6,9,12-15H,4-5,7-8H2. The summed E-state index contributed by atoms with van der Waals surface area (Å²) < 4.78 is 0. The van der Waals surface area contributed by atoms with Crippen LogP contribution in [0.25, 0.3) is 0 Å². The van der Waals surface area contributed by atoms with Crippen LogP contribution < -0.4 is 5.32 Å². The first-order valence-electron chi connectivity index (χ1n) is 5.84. The van der Waals surface area contributed by atoms with E-state index in [1.165, 1.54) is 24.0 Å². The van der Waals surface area contributed by atoms with Crippen LogP contribution in [0.1, 0.15) is 42.3 Å². The minimum atomic E-state index is -0.167. The summed E-state index contributed by atoms with van der Waals surface area (Å²) in [5, 5.41) is 12.8. The molecule has 2 unspecified atom stereocenters. The van der Waals surface area contributed by atoms with Gasteiger partial charge in [0, 0.05) is 12.6 Å². The lowest BCUT2D eigenvalue weighted by atomic mass is 10.0. The largest absolute Gasteiger partial charge is 0.392 e. The van der Waals surface area contributed by atoms with Crippen molar-refractivity contribution in [2.45, 2.75) is 37.3 Å². The minimum absolute atomic E-state index is 0.167. The number of aliphatic hydroxyl groups is 1. The zero-order valence-corrected chi connectivity index (χ0v) is 8.82. The maximum absolute atomic E-state index is 9.49. The van der Waals surface area contributed by atoms with E-state index in [9.17, 15) is 5.11 Å². The number of benzene rings is 1. The van der Waals surface area contributed by atoms with Crippen LogP contribution in [0.5, 0.6) is 0 Å². The molecule has 2 atom stereocenters. The third-order valence-corrected chi connectivity index (χ3v) is 3.47. The number of nitrogens with one attached hydrogen (secondary N) is 1. The maximum Gasteiger partial charge on any atom is 0.0682 e. The van der Waals surface area contributed by atoms with Gasteiger partial charge in [-0.3, -0.25) is 0 Å². The summed E-state index contributed by atoms with van der Waals surface area (Å²) in [6, 6.07) is 9.22. The second-order valence-electron chi connectivity index (χ2n) is 4.79. The first kappa shape index (κ1) is 9.37. The molecule has 1 aromatic rings. The molecule has 0 aromatic heterocycles. The molecule has 0 amide bonds. The van der Waals surface area contributed by atoms with Crippen LogP contribution in [0.15, 0.2) is 24.3 Å². The third kappa shape index (κ3) is 1.92. The smallest absolute Gasteiger partial charge is 0.0682 e. The molecule has 1 aliphatic heterocycles. The number of aliphatic hydroxyl groups excluding tert-OH is 1. The third-order valence-electron chi connectivity index (χ3n) is 3.47. The van der Waals surface area contributed by atoms with Gasteiger partial charge in [-0.15, -0.1) is 0 Å². The first-order valence-corrected chi connectivity index (χ1v) is 5.84. The number of hydrogen-bond acceptors (Lipinski definition) is 2. The topological polar surface area (TPSA) is 32.3 Å². The molecule has 2 heteroatoms. The Kier molecular flexibility index (Phi) is 2.26. The molecular weight excluding hydrogens is 186 g/mol. The normalized spacial score (nSPS) is 30.7. The van der Waals surface area contributed by atoms with E-state index in [1.54, 1.807) is 0 Å². The van der Waals surface area contributed by atoms with Gasteiger partial charge >= 0.3 is 0 Å². The lowest BCUT2D eigenvalue weighted by molar-refractivity contribution is 0.193. The highest BCUT2D eigenvalue weighted by Gasteiger charge is 2.26. The molecule has 1 heterocycles. The maximum atomic E-state index is 9.49. The van der Waals surface area contributed by atoms with Crippen molar-refractivity contribution in [2.75, 3.05) is 6.54 Å². The van der Waals surface area contributed by atoms with Gasteiger partial charge in [-0.2, -0.15) is 0 Å². The van der Waals surface area contributed by atoms with Crippen molar-refractivity contribution in [3.05, 3.63) is 35.4 Å². The monoisotopic (exact) mass is 203 g/mol. The molecule has 1 aromatic carbocycles. The Labute approximate surface area is 90.3 Å². The van der Waals surface area contributed by atoms with Crippen LogP contribution in [0.4, 0.5) is 0 Å². The lowest BCUT2D eigenvalue weighted by Gasteiger charge is -2.11. The van der Waals surface area contributed by atoms with Crippen molar-refractivity contribution in [2.24, 2.45) is 0 Å².